The second kappa shape index (κ2) is 5.98. The van der Waals surface area contributed by atoms with Gasteiger partial charge in [-0.15, -0.1) is 0 Å². The molecule has 2 aliphatic heterocycles. The van der Waals surface area contributed by atoms with Gasteiger partial charge in [0.05, 0.1) is 6.10 Å². The molecular formula is C18H26N2O. The molecule has 3 nitrogen and oxygen atoms in total. The van der Waals surface area contributed by atoms with Gasteiger partial charge in [-0.25, -0.2) is 0 Å². The number of hydrogen-bond acceptors (Lipinski definition) is 3. The van der Waals surface area contributed by atoms with Crippen molar-refractivity contribution in [2.75, 3.05) is 24.6 Å². The maximum Gasteiger partial charge on any atom is 0.0592 e. The Hall–Kier alpha value is -1.06. The van der Waals surface area contributed by atoms with E-state index in [2.05, 4.69) is 34.5 Å². The number of rotatable bonds is 4. The smallest absolute Gasteiger partial charge is 0.0592 e. The van der Waals surface area contributed by atoms with Crippen LogP contribution in [0, 0.1) is 5.92 Å². The van der Waals surface area contributed by atoms with E-state index in [0.717, 1.165) is 32.2 Å². The van der Waals surface area contributed by atoms with Crippen LogP contribution in [0.1, 0.15) is 37.7 Å². The molecule has 1 saturated heterocycles. The fourth-order valence-electron chi connectivity index (χ4n) is 3.81. The molecule has 4 rings (SSSR count). The van der Waals surface area contributed by atoms with Gasteiger partial charge in [0.15, 0.2) is 0 Å². The van der Waals surface area contributed by atoms with Crippen molar-refractivity contribution in [1.82, 2.24) is 5.32 Å². The summed E-state index contributed by atoms with van der Waals surface area (Å²) in [6, 6.07) is 9.58. The van der Waals surface area contributed by atoms with Crippen LogP contribution in [0.2, 0.25) is 0 Å². The number of fused-ring (bicyclic) bond motifs is 1. The van der Waals surface area contributed by atoms with E-state index >= 15 is 0 Å². The van der Waals surface area contributed by atoms with Crippen molar-refractivity contribution in [3.05, 3.63) is 29.8 Å². The van der Waals surface area contributed by atoms with Crippen LogP contribution >= 0.6 is 0 Å². The summed E-state index contributed by atoms with van der Waals surface area (Å²) >= 11 is 0. The van der Waals surface area contributed by atoms with Crippen molar-refractivity contribution < 1.29 is 4.74 Å². The monoisotopic (exact) mass is 286 g/mol. The highest BCUT2D eigenvalue weighted by molar-refractivity contribution is 5.54. The molecule has 1 aromatic rings. The van der Waals surface area contributed by atoms with Crippen molar-refractivity contribution in [3.63, 3.8) is 0 Å². The Morgan fingerprint density at radius 1 is 1.19 bits per heavy atom. The summed E-state index contributed by atoms with van der Waals surface area (Å²) in [5.74, 6) is 0.907. The van der Waals surface area contributed by atoms with Crippen LogP contribution in [0.15, 0.2) is 24.3 Å². The highest BCUT2D eigenvalue weighted by Crippen LogP contribution is 2.36. The van der Waals surface area contributed by atoms with Crippen molar-refractivity contribution in [2.24, 2.45) is 5.92 Å². The first-order chi connectivity index (χ1) is 10.4. The number of ether oxygens (including phenoxy) is 1. The number of para-hydroxylation sites is 1. The van der Waals surface area contributed by atoms with Gasteiger partial charge in [-0.2, -0.15) is 0 Å². The lowest BCUT2D eigenvalue weighted by molar-refractivity contribution is 0.105. The highest BCUT2D eigenvalue weighted by Gasteiger charge is 2.34. The van der Waals surface area contributed by atoms with Crippen LogP contribution in [-0.4, -0.2) is 31.8 Å². The van der Waals surface area contributed by atoms with Crippen molar-refractivity contribution in [1.29, 1.82) is 0 Å². The molecule has 1 aliphatic carbocycles. The van der Waals surface area contributed by atoms with Gasteiger partial charge in [0.25, 0.3) is 0 Å². The first-order valence-electron chi connectivity index (χ1n) is 8.58. The van der Waals surface area contributed by atoms with Gasteiger partial charge in [-0.05, 0) is 49.7 Å². The summed E-state index contributed by atoms with van der Waals surface area (Å²) in [7, 11) is 0. The molecule has 2 unspecified atom stereocenters. The Kier molecular flexibility index (Phi) is 3.87. The van der Waals surface area contributed by atoms with E-state index in [-0.39, 0.29) is 0 Å². The molecule has 2 atom stereocenters. The summed E-state index contributed by atoms with van der Waals surface area (Å²) < 4.78 is 5.81. The summed E-state index contributed by atoms with van der Waals surface area (Å²) in [6.07, 6.45) is 6.98. The molecule has 3 aliphatic rings. The van der Waals surface area contributed by atoms with E-state index in [1.807, 2.05) is 0 Å². The number of nitrogens with zero attached hydrogens (tertiary/aromatic N) is 1. The van der Waals surface area contributed by atoms with Gasteiger partial charge in [0, 0.05) is 38.0 Å². The van der Waals surface area contributed by atoms with Crippen LogP contribution in [0.25, 0.3) is 0 Å². The standard InChI is InChI=1S/C18H26N2O/c1-2-6-18-15(4-1)12-19-17(14-7-8-14)13-20(18)10-9-16-5-3-11-21-16/h1-2,4,6,14,16-17,19H,3,5,7-13H2. The fraction of sp³-hybridized carbons (Fsp3) is 0.667. The molecule has 3 heteroatoms. The maximum atomic E-state index is 5.81. The van der Waals surface area contributed by atoms with E-state index in [9.17, 15) is 0 Å². The summed E-state index contributed by atoms with van der Waals surface area (Å²) in [5, 5.41) is 3.78. The number of benzene rings is 1. The van der Waals surface area contributed by atoms with Crippen molar-refractivity contribution in [2.45, 2.75) is 50.8 Å². The largest absolute Gasteiger partial charge is 0.378 e. The Morgan fingerprint density at radius 2 is 2.10 bits per heavy atom. The average molecular weight is 286 g/mol. The maximum absolute atomic E-state index is 5.81. The molecule has 2 heterocycles. The zero-order valence-electron chi connectivity index (χ0n) is 12.8. The zero-order valence-corrected chi connectivity index (χ0v) is 12.8. The predicted molar refractivity (Wildman–Crippen MR) is 85.6 cm³/mol. The lowest BCUT2D eigenvalue weighted by Gasteiger charge is -2.28. The van der Waals surface area contributed by atoms with Crippen LogP contribution in [0.4, 0.5) is 5.69 Å². The Balaban J connectivity index is 1.49. The second-order valence-corrected chi connectivity index (χ2v) is 6.82. The van der Waals surface area contributed by atoms with Gasteiger partial charge < -0.3 is 15.0 Å². The minimum atomic E-state index is 0.493. The van der Waals surface area contributed by atoms with Gasteiger partial charge in [-0.3, -0.25) is 0 Å². The summed E-state index contributed by atoms with van der Waals surface area (Å²) in [5.41, 5.74) is 2.89. The zero-order chi connectivity index (χ0) is 14.1. The lowest BCUT2D eigenvalue weighted by atomic mass is 10.1. The lowest BCUT2D eigenvalue weighted by Crippen LogP contribution is -2.40. The molecular weight excluding hydrogens is 260 g/mol. The molecule has 0 radical (unpaired) electrons. The molecule has 2 fully saturated rings. The summed E-state index contributed by atoms with van der Waals surface area (Å²) in [4.78, 5) is 2.61. The van der Waals surface area contributed by atoms with Crippen LogP contribution < -0.4 is 10.2 Å². The molecule has 0 spiro atoms. The molecule has 114 valence electrons. The van der Waals surface area contributed by atoms with Gasteiger partial charge in [0.2, 0.25) is 0 Å². The highest BCUT2D eigenvalue weighted by atomic mass is 16.5. The predicted octanol–water partition coefficient (Wildman–Crippen LogP) is 2.94. The number of nitrogens with one attached hydrogen (secondary N) is 1. The van der Waals surface area contributed by atoms with Crippen molar-refractivity contribution >= 4 is 5.69 Å². The number of hydrogen-bond donors (Lipinski definition) is 1. The molecule has 21 heavy (non-hydrogen) atoms. The Labute approximate surface area is 127 Å². The SMILES string of the molecule is c1ccc2c(c1)CNC(C1CC1)CN2CCC1CCCO1. The molecule has 0 aromatic heterocycles. The third-order valence-electron chi connectivity index (χ3n) is 5.24. The molecule has 0 amide bonds. The second-order valence-electron chi connectivity index (χ2n) is 6.82. The summed E-state index contributed by atoms with van der Waals surface area (Å²) in [6.45, 7) is 4.28. The molecule has 1 N–H and O–H groups in total. The topological polar surface area (TPSA) is 24.5 Å². The van der Waals surface area contributed by atoms with E-state index in [1.54, 1.807) is 0 Å². The van der Waals surface area contributed by atoms with E-state index in [4.69, 9.17) is 4.74 Å². The third-order valence-corrected chi connectivity index (χ3v) is 5.24. The van der Waals surface area contributed by atoms with Gasteiger partial charge in [-0.1, -0.05) is 18.2 Å². The fourth-order valence-corrected chi connectivity index (χ4v) is 3.81. The van der Waals surface area contributed by atoms with Crippen LogP contribution in [0.5, 0.6) is 0 Å². The minimum Gasteiger partial charge on any atom is -0.378 e. The van der Waals surface area contributed by atoms with E-state index in [1.165, 1.54) is 43.4 Å². The van der Waals surface area contributed by atoms with Crippen LogP contribution in [0.3, 0.4) is 0 Å². The Bertz CT molecular complexity index is 480. The molecule has 1 saturated carbocycles. The van der Waals surface area contributed by atoms with E-state index in [0.29, 0.717) is 12.1 Å². The normalized spacial score (nSPS) is 29.2. The molecule has 1 aromatic carbocycles. The first-order valence-corrected chi connectivity index (χ1v) is 8.58. The van der Waals surface area contributed by atoms with Crippen molar-refractivity contribution in [3.8, 4) is 0 Å². The van der Waals surface area contributed by atoms with Gasteiger partial charge >= 0.3 is 0 Å². The van der Waals surface area contributed by atoms with Crippen LogP contribution in [-0.2, 0) is 11.3 Å². The number of anilines is 1. The van der Waals surface area contributed by atoms with Gasteiger partial charge in [0.1, 0.15) is 0 Å². The quantitative estimate of drug-likeness (QED) is 0.921. The third kappa shape index (κ3) is 3.09. The minimum absolute atomic E-state index is 0.493. The molecule has 0 bridgehead atoms. The first kappa shape index (κ1) is 13.6. The average Bonchev–Trinajstić information content (AvgIpc) is 3.26. The van der Waals surface area contributed by atoms with E-state index < -0.39 is 0 Å². The Morgan fingerprint density at radius 3 is 2.90 bits per heavy atom.